The van der Waals surface area contributed by atoms with Gasteiger partial charge in [0.05, 0.1) is 1.37 Å². The molecule has 8 aromatic carbocycles. The van der Waals surface area contributed by atoms with Gasteiger partial charge >= 0.3 is 0 Å². The summed E-state index contributed by atoms with van der Waals surface area (Å²) in [6, 6.07) is 53.6. The van der Waals surface area contributed by atoms with Crippen LogP contribution in [-0.2, 0) is 5.41 Å². The maximum Gasteiger partial charge on any atom is 0.0623 e. The first-order chi connectivity index (χ1) is 23.3. The first-order valence-corrected chi connectivity index (χ1v) is 17.2. The molecule has 0 N–H and O–H groups in total. The molecule has 47 heavy (non-hydrogen) atoms. The molecule has 1 aromatic heterocycles. The molecule has 1 heterocycles. The Morgan fingerprint density at radius 2 is 1.11 bits per heavy atom. The Kier molecular flexibility index (Phi) is 6.11. The van der Waals surface area contributed by atoms with E-state index in [1.165, 1.54) is 80.7 Å². The predicted molar refractivity (Wildman–Crippen MR) is 207 cm³/mol. The van der Waals surface area contributed by atoms with Crippen LogP contribution in [0.25, 0.3) is 85.9 Å². The lowest BCUT2D eigenvalue weighted by atomic mass is 9.83. The molecule has 0 aliphatic carbocycles. The largest absolute Gasteiger partial charge is 0.135 e. The van der Waals surface area contributed by atoms with Crippen molar-refractivity contribution < 1.29 is 1.37 Å². The summed E-state index contributed by atoms with van der Waals surface area (Å²) in [5.74, 6) is 0. The van der Waals surface area contributed by atoms with Crippen molar-refractivity contribution in [1.82, 2.24) is 0 Å². The molecular weight excluding hydrogens is 585 g/mol. The van der Waals surface area contributed by atoms with E-state index in [-0.39, 0.29) is 5.41 Å². The zero-order chi connectivity index (χ0) is 32.6. The van der Waals surface area contributed by atoms with Crippen LogP contribution in [0.4, 0.5) is 0 Å². The van der Waals surface area contributed by atoms with Gasteiger partial charge in [-0.25, -0.2) is 0 Å². The van der Waals surface area contributed by atoms with Crippen molar-refractivity contribution in [2.24, 2.45) is 0 Å². The molecule has 0 aliphatic rings. The lowest BCUT2D eigenvalue weighted by Crippen LogP contribution is -2.11. The minimum Gasteiger partial charge on any atom is -0.135 e. The number of rotatable bonds is 3. The van der Waals surface area contributed by atoms with Gasteiger partial charge in [-0.15, -0.1) is 11.3 Å². The molecule has 0 amide bonds. The van der Waals surface area contributed by atoms with E-state index in [1.54, 1.807) is 0 Å². The van der Waals surface area contributed by atoms with Crippen LogP contribution in [0.1, 0.15) is 27.7 Å². The molecule has 0 atom stereocenters. The van der Waals surface area contributed by atoms with Crippen LogP contribution >= 0.6 is 11.3 Å². The van der Waals surface area contributed by atoms with Crippen LogP contribution in [0, 0.1) is 0 Å². The van der Waals surface area contributed by atoms with Gasteiger partial charge in [-0.05, 0) is 94.9 Å². The van der Waals surface area contributed by atoms with Gasteiger partial charge in [0, 0.05) is 20.2 Å². The van der Waals surface area contributed by atoms with Crippen LogP contribution in [0.2, 0.25) is 0 Å². The molecular formula is C46H34S. The molecule has 1 heteroatoms. The number of fused-ring (bicyclic) bond motifs is 6. The second kappa shape index (κ2) is 10.7. The number of hydrogen-bond acceptors (Lipinski definition) is 1. The van der Waals surface area contributed by atoms with Crippen LogP contribution in [0.15, 0.2) is 152 Å². The minimum absolute atomic E-state index is 0.0503. The van der Waals surface area contributed by atoms with Crippen LogP contribution in [-0.4, -0.2) is 0 Å². The first-order valence-electron chi connectivity index (χ1n) is 16.8. The number of hydrogen-bond donors (Lipinski definition) is 0. The molecule has 9 rings (SSSR count). The van der Waals surface area contributed by atoms with Gasteiger partial charge in [-0.1, -0.05) is 154 Å². The lowest BCUT2D eigenvalue weighted by molar-refractivity contribution is 0.597. The highest BCUT2D eigenvalue weighted by Gasteiger charge is 2.22. The average Bonchev–Trinajstić information content (AvgIpc) is 3.49. The molecule has 0 radical (unpaired) electrons. The smallest absolute Gasteiger partial charge is 0.0623 e. The van der Waals surface area contributed by atoms with Gasteiger partial charge in [-0.2, -0.15) is 0 Å². The summed E-state index contributed by atoms with van der Waals surface area (Å²) in [4.78, 5) is 0. The second-order valence-corrected chi connectivity index (χ2v) is 14.7. The van der Waals surface area contributed by atoms with E-state index >= 15 is 0 Å². The third kappa shape index (κ3) is 4.49. The van der Waals surface area contributed by atoms with Crippen molar-refractivity contribution in [1.29, 1.82) is 0 Å². The van der Waals surface area contributed by atoms with E-state index in [0.717, 1.165) is 10.8 Å². The van der Waals surface area contributed by atoms with Gasteiger partial charge in [0.1, 0.15) is 0 Å². The SMILES string of the molecule is [2H]c1ccc2cc(-c3c4ccccc4c(-c4cccc(-c5ccc(C(C)(C)C)c6sc7ccccc7c56)c4)c4ccccc34)ccc2c1. The van der Waals surface area contributed by atoms with E-state index in [9.17, 15) is 0 Å². The Hall–Kier alpha value is -5.24. The summed E-state index contributed by atoms with van der Waals surface area (Å²) in [6.07, 6.45) is 0. The molecule has 0 unspecified atom stereocenters. The first kappa shape index (κ1) is 26.9. The molecule has 224 valence electrons. The maximum atomic E-state index is 8.09. The summed E-state index contributed by atoms with van der Waals surface area (Å²) in [6.45, 7) is 6.95. The Labute approximate surface area is 281 Å². The molecule has 0 saturated carbocycles. The third-order valence-corrected chi connectivity index (χ3v) is 10.9. The fraction of sp³-hybridized carbons (Fsp3) is 0.0870. The standard InChI is InChI=1S/C46H34S/c1-46(2,3)40-26-25-34(44-39-21-10-11-22-41(39)47-45(40)44)31-15-12-16-32(28-31)42-35-17-6-8-19-37(35)43(38-20-9-7-18-36(38)42)33-24-23-29-13-4-5-14-30(29)27-33/h4-28H,1-3H3/i4D. The van der Waals surface area contributed by atoms with Gasteiger partial charge < -0.3 is 0 Å². The van der Waals surface area contributed by atoms with E-state index in [4.69, 9.17) is 1.37 Å². The van der Waals surface area contributed by atoms with Crippen molar-refractivity contribution in [3.8, 4) is 33.4 Å². The van der Waals surface area contributed by atoms with Crippen molar-refractivity contribution in [2.45, 2.75) is 26.2 Å². The zero-order valence-electron chi connectivity index (χ0n) is 27.8. The molecule has 0 aliphatic heterocycles. The van der Waals surface area contributed by atoms with Crippen molar-refractivity contribution in [3.05, 3.63) is 157 Å². The summed E-state index contributed by atoms with van der Waals surface area (Å²) in [5, 5.41) is 9.92. The van der Waals surface area contributed by atoms with Crippen LogP contribution in [0.3, 0.4) is 0 Å². The number of thiophene rings is 1. The van der Waals surface area contributed by atoms with E-state index in [0.29, 0.717) is 6.04 Å². The highest BCUT2D eigenvalue weighted by Crippen LogP contribution is 2.47. The second-order valence-electron chi connectivity index (χ2n) is 13.6. The van der Waals surface area contributed by atoms with Gasteiger partial charge in [0.15, 0.2) is 0 Å². The summed E-state index contributed by atoms with van der Waals surface area (Å²) < 4.78 is 10.8. The van der Waals surface area contributed by atoms with Crippen molar-refractivity contribution in [3.63, 3.8) is 0 Å². The predicted octanol–water partition coefficient (Wildman–Crippen LogP) is 13.8. The number of benzene rings is 8. The highest BCUT2D eigenvalue weighted by atomic mass is 32.1. The minimum atomic E-state index is 0.0503. The quantitative estimate of drug-likeness (QED) is 0.173. The van der Waals surface area contributed by atoms with E-state index < -0.39 is 0 Å². The summed E-state index contributed by atoms with van der Waals surface area (Å²) >= 11 is 1.92. The Morgan fingerprint density at radius 3 is 1.79 bits per heavy atom. The lowest BCUT2D eigenvalue weighted by Gasteiger charge is -2.21. The molecule has 0 bridgehead atoms. The maximum absolute atomic E-state index is 8.09. The third-order valence-electron chi connectivity index (χ3n) is 9.70. The highest BCUT2D eigenvalue weighted by molar-refractivity contribution is 7.26. The van der Waals surface area contributed by atoms with E-state index in [1.807, 2.05) is 23.5 Å². The van der Waals surface area contributed by atoms with Crippen molar-refractivity contribution >= 4 is 63.8 Å². The van der Waals surface area contributed by atoms with Gasteiger partial charge in [-0.3, -0.25) is 0 Å². The fourth-order valence-electron chi connectivity index (χ4n) is 7.53. The fourth-order valence-corrected chi connectivity index (χ4v) is 8.99. The topological polar surface area (TPSA) is 0 Å². The molecule has 0 spiro atoms. The average molecular weight is 620 g/mol. The normalized spacial score (nSPS) is 12.4. The molecule has 0 nitrogen and oxygen atoms in total. The monoisotopic (exact) mass is 619 g/mol. The summed E-state index contributed by atoms with van der Waals surface area (Å²) in [7, 11) is 0. The summed E-state index contributed by atoms with van der Waals surface area (Å²) in [5.41, 5.74) is 8.91. The van der Waals surface area contributed by atoms with Gasteiger partial charge in [0.2, 0.25) is 0 Å². The Morgan fingerprint density at radius 1 is 0.489 bits per heavy atom. The molecule has 0 fully saturated rings. The van der Waals surface area contributed by atoms with E-state index in [2.05, 4.69) is 154 Å². The van der Waals surface area contributed by atoms with Gasteiger partial charge in [0.25, 0.3) is 0 Å². The van der Waals surface area contributed by atoms with Crippen molar-refractivity contribution in [2.75, 3.05) is 0 Å². The van der Waals surface area contributed by atoms with Crippen LogP contribution in [0.5, 0.6) is 0 Å². The Bertz CT molecular complexity index is 2670. The molecule has 0 saturated heterocycles. The molecule has 9 aromatic rings. The van der Waals surface area contributed by atoms with Crippen LogP contribution < -0.4 is 0 Å². The zero-order valence-corrected chi connectivity index (χ0v) is 27.6. The Balaban J connectivity index is 1.30.